The van der Waals surface area contributed by atoms with Gasteiger partial charge >= 0.3 is 5.97 Å². The summed E-state index contributed by atoms with van der Waals surface area (Å²) in [5.74, 6) is -0.393. The molecule has 0 fully saturated rings. The van der Waals surface area contributed by atoms with Gasteiger partial charge in [0.05, 0.1) is 24.6 Å². The van der Waals surface area contributed by atoms with Gasteiger partial charge in [-0.25, -0.2) is 9.78 Å². The maximum atomic E-state index is 11.7. The molecule has 2 rings (SSSR count). The van der Waals surface area contributed by atoms with Gasteiger partial charge in [0.25, 0.3) is 0 Å². The summed E-state index contributed by atoms with van der Waals surface area (Å²) in [5.41, 5.74) is 2.18. The molecule has 0 atom stereocenters. The maximum absolute atomic E-state index is 11.7. The van der Waals surface area contributed by atoms with Crippen molar-refractivity contribution in [2.75, 3.05) is 7.11 Å². The minimum atomic E-state index is -0.393. The summed E-state index contributed by atoms with van der Waals surface area (Å²) >= 11 is 1.60. The molecule has 2 aromatic rings. The third-order valence-electron chi connectivity index (χ3n) is 2.76. The maximum Gasteiger partial charge on any atom is 0.357 e. The molecule has 5 nitrogen and oxygen atoms in total. The normalized spacial score (nSPS) is 10.7. The zero-order valence-electron chi connectivity index (χ0n) is 10.9. The Morgan fingerprint density at radius 1 is 1.56 bits per heavy atom. The van der Waals surface area contributed by atoms with Crippen molar-refractivity contribution < 1.29 is 9.53 Å². The number of ether oxygens (including phenoxy) is 1. The second kappa shape index (κ2) is 4.89. The first-order valence-corrected chi connectivity index (χ1v) is 6.47. The largest absolute Gasteiger partial charge is 0.464 e. The van der Waals surface area contributed by atoms with E-state index in [0.717, 1.165) is 22.7 Å². The van der Waals surface area contributed by atoms with Gasteiger partial charge in [0.1, 0.15) is 5.01 Å². The van der Waals surface area contributed by atoms with E-state index in [2.05, 4.69) is 17.0 Å². The smallest absolute Gasteiger partial charge is 0.357 e. The quantitative estimate of drug-likeness (QED) is 0.798. The van der Waals surface area contributed by atoms with Gasteiger partial charge in [0.2, 0.25) is 0 Å². The molecule has 0 spiro atoms. The van der Waals surface area contributed by atoms with Gasteiger partial charge in [-0.05, 0) is 13.3 Å². The molecule has 0 unspecified atom stereocenters. The number of carbonyl (C=O) groups is 1. The van der Waals surface area contributed by atoms with Crippen molar-refractivity contribution >= 4 is 17.3 Å². The molecule has 0 amide bonds. The van der Waals surface area contributed by atoms with E-state index in [-0.39, 0.29) is 0 Å². The summed E-state index contributed by atoms with van der Waals surface area (Å²) in [5, 5.41) is 4.93. The predicted octanol–water partition coefficient (Wildman–Crippen LogP) is 2.20. The third-order valence-corrected chi connectivity index (χ3v) is 4.10. The fraction of sp³-hybridized carbons (Fsp3) is 0.417. The van der Waals surface area contributed by atoms with E-state index >= 15 is 0 Å². The Labute approximate surface area is 109 Å². The standard InChI is InChI=1S/C12H15N3O2S/c1-5-9-7(2)14-11(18-9)8-6-13-15(3)10(8)12(16)17-4/h6H,5H2,1-4H3. The SMILES string of the molecule is CCc1sc(-c2cnn(C)c2C(=O)OC)nc1C. The third kappa shape index (κ3) is 2.03. The van der Waals surface area contributed by atoms with Crippen LogP contribution < -0.4 is 0 Å². The van der Waals surface area contributed by atoms with Crippen molar-refractivity contribution in [3.05, 3.63) is 22.5 Å². The van der Waals surface area contributed by atoms with Crippen LogP contribution in [0.25, 0.3) is 10.6 Å². The van der Waals surface area contributed by atoms with Gasteiger partial charge < -0.3 is 4.74 Å². The molecule has 0 N–H and O–H groups in total. The van der Waals surface area contributed by atoms with Crippen LogP contribution in [-0.2, 0) is 18.2 Å². The van der Waals surface area contributed by atoms with Crippen molar-refractivity contribution in [3.63, 3.8) is 0 Å². The van der Waals surface area contributed by atoms with Gasteiger partial charge in [-0.1, -0.05) is 6.92 Å². The van der Waals surface area contributed by atoms with Crippen molar-refractivity contribution in [2.24, 2.45) is 7.05 Å². The molecule has 2 aromatic heterocycles. The van der Waals surface area contributed by atoms with E-state index in [4.69, 9.17) is 4.74 Å². The lowest BCUT2D eigenvalue weighted by atomic mass is 10.2. The lowest BCUT2D eigenvalue weighted by Gasteiger charge is -2.01. The van der Waals surface area contributed by atoms with Crippen molar-refractivity contribution in [2.45, 2.75) is 20.3 Å². The first kappa shape index (κ1) is 12.8. The highest BCUT2D eigenvalue weighted by Gasteiger charge is 2.21. The molecule has 0 radical (unpaired) electrons. The number of thiazole rings is 1. The van der Waals surface area contributed by atoms with Gasteiger partial charge in [0, 0.05) is 11.9 Å². The molecule has 0 saturated carbocycles. The van der Waals surface area contributed by atoms with E-state index in [1.54, 1.807) is 24.6 Å². The number of aromatic nitrogens is 3. The average Bonchev–Trinajstić information content (AvgIpc) is 2.91. The van der Waals surface area contributed by atoms with Crippen LogP contribution in [0.3, 0.4) is 0 Å². The average molecular weight is 265 g/mol. The molecule has 0 saturated heterocycles. The second-order valence-corrected chi connectivity index (χ2v) is 4.99. The van der Waals surface area contributed by atoms with E-state index < -0.39 is 5.97 Å². The summed E-state index contributed by atoms with van der Waals surface area (Å²) in [6, 6.07) is 0. The molecule has 6 heteroatoms. The van der Waals surface area contributed by atoms with E-state index in [1.165, 1.54) is 16.7 Å². The van der Waals surface area contributed by atoms with Gasteiger partial charge in [0.15, 0.2) is 5.69 Å². The van der Waals surface area contributed by atoms with Crippen LogP contribution in [-0.4, -0.2) is 27.8 Å². The van der Waals surface area contributed by atoms with E-state index in [0.29, 0.717) is 5.69 Å². The summed E-state index contributed by atoms with van der Waals surface area (Å²) in [6.07, 6.45) is 2.60. The molecule has 0 aliphatic heterocycles. The van der Waals surface area contributed by atoms with Crippen LogP contribution in [0.1, 0.15) is 28.0 Å². The number of hydrogen-bond acceptors (Lipinski definition) is 5. The van der Waals surface area contributed by atoms with Crippen LogP contribution >= 0.6 is 11.3 Å². The molecule has 2 heterocycles. The zero-order valence-corrected chi connectivity index (χ0v) is 11.7. The zero-order chi connectivity index (χ0) is 13.3. The fourth-order valence-electron chi connectivity index (χ4n) is 1.80. The van der Waals surface area contributed by atoms with Gasteiger partial charge in [-0.15, -0.1) is 11.3 Å². The summed E-state index contributed by atoms with van der Waals surface area (Å²) < 4.78 is 6.30. The number of esters is 1. The van der Waals surface area contributed by atoms with Crippen LogP contribution in [0, 0.1) is 6.92 Å². The minimum absolute atomic E-state index is 0.393. The number of nitrogens with zero attached hydrogens (tertiary/aromatic N) is 3. The number of hydrogen-bond donors (Lipinski definition) is 0. The number of rotatable bonds is 3. The van der Waals surface area contributed by atoms with Gasteiger partial charge in [-0.2, -0.15) is 5.10 Å². The highest BCUT2D eigenvalue weighted by molar-refractivity contribution is 7.15. The van der Waals surface area contributed by atoms with E-state index in [9.17, 15) is 4.79 Å². The Morgan fingerprint density at radius 3 is 2.83 bits per heavy atom. The highest BCUT2D eigenvalue weighted by atomic mass is 32.1. The van der Waals surface area contributed by atoms with Gasteiger partial charge in [-0.3, -0.25) is 4.68 Å². The molecule has 0 bridgehead atoms. The van der Waals surface area contributed by atoms with Crippen molar-refractivity contribution in [1.82, 2.24) is 14.8 Å². The molecular formula is C12H15N3O2S. The lowest BCUT2D eigenvalue weighted by Crippen LogP contribution is -2.09. The summed E-state index contributed by atoms with van der Waals surface area (Å²) in [6.45, 7) is 4.07. The Balaban J connectivity index is 2.53. The lowest BCUT2D eigenvalue weighted by molar-refractivity contribution is 0.0589. The molecular weight excluding hydrogens is 250 g/mol. The van der Waals surface area contributed by atoms with E-state index in [1.807, 2.05) is 6.92 Å². The molecule has 96 valence electrons. The predicted molar refractivity (Wildman–Crippen MR) is 69.8 cm³/mol. The Hall–Kier alpha value is -1.69. The Kier molecular flexibility index (Phi) is 3.47. The van der Waals surface area contributed by atoms with Crippen LogP contribution in [0.15, 0.2) is 6.20 Å². The highest BCUT2D eigenvalue weighted by Crippen LogP contribution is 2.30. The summed E-state index contributed by atoms with van der Waals surface area (Å²) in [4.78, 5) is 17.5. The number of carbonyl (C=O) groups excluding carboxylic acids is 1. The molecule has 0 aliphatic rings. The van der Waals surface area contributed by atoms with Crippen molar-refractivity contribution in [3.8, 4) is 10.6 Å². The fourth-order valence-corrected chi connectivity index (χ4v) is 2.82. The van der Waals surface area contributed by atoms with Crippen molar-refractivity contribution in [1.29, 1.82) is 0 Å². The van der Waals surface area contributed by atoms with Crippen LogP contribution in [0.5, 0.6) is 0 Å². The van der Waals surface area contributed by atoms with Crippen LogP contribution in [0.2, 0.25) is 0 Å². The number of aryl methyl sites for hydroxylation is 3. The summed E-state index contributed by atoms with van der Waals surface area (Å²) in [7, 11) is 3.08. The minimum Gasteiger partial charge on any atom is -0.464 e. The Morgan fingerprint density at radius 2 is 2.28 bits per heavy atom. The first-order chi connectivity index (χ1) is 8.58. The molecule has 0 aliphatic carbocycles. The molecule has 0 aromatic carbocycles. The van der Waals surface area contributed by atoms with Crippen LogP contribution in [0.4, 0.5) is 0 Å². The topological polar surface area (TPSA) is 57.0 Å². The monoisotopic (exact) mass is 265 g/mol. The first-order valence-electron chi connectivity index (χ1n) is 5.65. The Bertz CT molecular complexity index is 586. The number of methoxy groups -OCH3 is 1. The second-order valence-electron chi connectivity index (χ2n) is 3.90. The molecule has 18 heavy (non-hydrogen) atoms.